The summed E-state index contributed by atoms with van der Waals surface area (Å²) in [7, 11) is 0. The second-order valence-electron chi connectivity index (χ2n) is 0.394. The van der Waals surface area contributed by atoms with Crippen molar-refractivity contribution < 1.29 is 42.8 Å². The van der Waals surface area contributed by atoms with Crippen LogP contribution in [0.3, 0.4) is 0 Å². The summed E-state index contributed by atoms with van der Waals surface area (Å²) in [5, 5.41) is 9.12. The van der Waals surface area contributed by atoms with Crippen molar-refractivity contribution in [2.75, 3.05) is 6.61 Å². The standard InChI is InChI=1S/C3H4O.2Li/c1-2-3-4;;/h1,3H2;;/q-2;2*+1. The zero-order valence-corrected chi connectivity index (χ0v) is 4.32. The molecule has 0 rings (SSSR count). The molecule has 0 aromatic rings. The Morgan fingerprint density at radius 3 is 1.67 bits per heavy atom. The van der Waals surface area contributed by atoms with E-state index in [0.717, 1.165) is 0 Å². The predicted molar refractivity (Wildman–Crippen MR) is 13.7 cm³/mol. The first-order valence-corrected chi connectivity index (χ1v) is 0.996. The van der Waals surface area contributed by atoms with Gasteiger partial charge in [-0.2, -0.15) is 0 Å². The molecule has 0 spiro atoms. The molecular weight excluding hydrogens is 65.9 g/mol. The van der Waals surface area contributed by atoms with Crippen molar-refractivity contribution in [3.8, 4) is 0 Å². The van der Waals surface area contributed by atoms with E-state index in [-0.39, 0.29) is 44.3 Å². The first-order chi connectivity index (χ1) is 1.91. The zero-order valence-electron chi connectivity index (χ0n) is 4.32. The molecule has 0 aliphatic heterocycles. The summed E-state index contributed by atoms with van der Waals surface area (Å²) in [5.74, 6) is 0. The molecule has 0 atom stereocenters. The van der Waals surface area contributed by atoms with Gasteiger partial charge in [0.15, 0.2) is 0 Å². The molecular formula is C3H4Li2O. The van der Waals surface area contributed by atoms with Crippen LogP contribution in [-0.4, -0.2) is 6.61 Å². The predicted octanol–water partition coefficient (Wildman–Crippen LogP) is -6.66. The van der Waals surface area contributed by atoms with Gasteiger partial charge in [0.1, 0.15) is 0 Å². The van der Waals surface area contributed by atoms with Crippen LogP contribution in [0.1, 0.15) is 0 Å². The Morgan fingerprint density at radius 1 is 1.50 bits per heavy atom. The molecule has 0 radical (unpaired) electrons. The van der Waals surface area contributed by atoms with Gasteiger partial charge in [0.05, 0.1) is 0 Å². The van der Waals surface area contributed by atoms with Gasteiger partial charge in [-0.3, -0.25) is 13.2 Å². The van der Waals surface area contributed by atoms with E-state index in [2.05, 4.69) is 12.7 Å². The van der Waals surface area contributed by atoms with Gasteiger partial charge < -0.3 is 11.2 Å². The maximum atomic E-state index is 9.12. The zero-order chi connectivity index (χ0) is 3.41. The molecule has 0 unspecified atom stereocenters. The Labute approximate surface area is 62.2 Å². The summed E-state index contributed by atoms with van der Waals surface area (Å²) in [4.78, 5) is 0. The van der Waals surface area contributed by atoms with Crippen LogP contribution in [0.15, 0.2) is 6.58 Å². The van der Waals surface area contributed by atoms with Crippen LogP contribution >= 0.6 is 0 Å². The van der Waals surface area contributed by atoms with Gasteiger partial charge in [0, 0.05) is 0 Å². The van der Waals surface area contributed by atoms with E-state index < -0.39 is 0 Å². The molecule has 0 fully saturated rings. The van der Waals surface area contributed by atoms with E-state index in [1.807, 2.05) is 0 Å². The fraction of sp³-hybridized carbons (Fsp3) is 0.333. The Balaban J connectivity index is -0.0000000450. The van der Waals surface area contributed by atoms with E-state index in [9.17, 15) is 0 Å². The van der Waals surface area contributed by atoms with Crippen molar-refractivity contribution >= 4 is 0 Å². The van der Waals surface area contributed by atoms with Crippen LogP contribution in [0.2, 0.25) is 0 Å². The average Bonchev–Trinajstić information content (AvgIpc) is 1.37. The van der Waals surface area contributed by atoms with Crippen LogP contribution in [-0.2, 0) is 0 Å². The maximum Gasteiger partial charge on any atom is 1.00 e. The molecule has 0 heterocycles. The fourth-order valence-electron chi connectivity index (χ4n) is 0. The molecule has 3 heteroatoms. The van der Waals surface area contributed by atoms with E-state index in [4.69, 9.17) is 5.11 Å². The van der Waals surface area contributed by atoms with Crippen LogP contribution < -0.4 is 42.8 Å². The van der Waals surface area contributed by atoms with Gasteiger partial charge in [-0.05, 0) is 0 Å². The summed E-state index contributed by atoms with van der Waals surface area (Å²) in [6.45, 7) is 2.75. The normalized spacial score (nSPS) is 4.17. The fourth-order valence-corrected chi connectivity index (χ4v) is 0. The quantitative estimate of drug-likeness (QED) is 0.222. The molecule has 0 aromatic carbocycles. The van der Waals surface area contributed by atoms with Crippen LogP contribution in [0.5, 0.6) is 0 Å². The average molecular weight is 69.9 g/mol. The molecule has 0 saturated carbocycles. The van der Waals surface area contributed by atoms with Gasteiger partial charge in [-0.25, -0.2) is 0 Å². The van der Waals surface area contributed by atoms with Gasteiger partial charge in [-0.1, -0.05) is 0 Å². The smallest absolute Gasteiger partial charge is 0.877 e. The Kier molecular flexibility index (Phi) is 44.4. The van der Waals surface area contributed by atoms with Crippen molar-refractivity contribution in [3.05, 3.63) is 12.7 Å². The van der Waals surface area contributed by atoms with Crippen LogP contribution in [0.4, 0.5) is 0 Å². The van der Waals surface area contributed by atoms with Crippen molar-refractivity contribution in [1.29, 1.82) is 0 Å². The van der Waals surface area contributed by atoms with Gasteiger partial charge >= 0.3 is 37.7 Å². The summed E-state index contributed by atoms with van der Waals surface area (Å²) < 4.78 is 0. The topological polar surface area (TPSA) is 23.1 Å². The van der Waals surface area contributed by atoms with Crippen LogP contribution in [0, 0.1) is 6.08 Å². The number of hydrogen-bond donors (Lipinski definition) is 0. The second kappa shape index (κ2) is 16.9. The maximum absolute atomic E-state index is 9.12. The summed E-state index contributed by atoms with van der Waals surface area (Å²) >= 11 is 0. The molecule has 24 valence electrons. The first-order valence-electron chi connectivity index (χ1n) is 0.996. The van der Waals surface area contributed by atoms with Gasteiger partial charge in [0.2, 0.25) is 0 Å². The minimum Gasteiger partial charge on any atom is -0.877 e. The van der Waals surface area contributed by atoms with E-state index in [1.54, 1.807) is 0 Å². The minimum absolute atomic E-state index is 0. The second-order valence-corrected chi connectivity index (χ2v) is 0.394. The van der Waals surface area contributed by atoms with Crippen molar-refractivity contribution in [1.82, 2.24) is 0 Å². The number of hydrogen-bond acceptors (Lipinski definition) is 1. The molecule has 0 aliphatic carbocycles. The molecule has 0 aliphatic rings. The third kappa shape index (κ3) is 20.7. The molecule has 0 N–H and O–H groups in total. The Morgan fingerprint density at radius 2 is 1.67 bits per heavy atom. The van der Waals surface area contributed by atoms with Crippen molar-refractivity contribution in [3.63, 3.8) is 0 Å². The monoisotopic (exact) mass is 70.1 g/mol. The van der Waals surface area contributed by atoms with E-state index in [1.165, 1.54) is 0 Å². The van der Waals surface area contributed by atoms with Gasteiger partial charge in [0.25, 0.3) is 0 Å². The Hall–Kier alpha value is 0.895. The molecule has 0 aromatic heterocycles. The Bertz CT molecular complexity index is 22.8. The van der Waals surface area contributed by atoms with Crippen molar-refractivity contribution in [2.24, 2.45) is 0 Å². The minimum atomic E-state index is -0.292. The molecule has 0 saturated heterocycles. The largest absolute Gasteiger partial charge is 1.00 e. The molecule has 0 bridgehead atoms. The van der Waals surface area contributed by atoms with Crippen LogP contribution in [0.25, 0.3) is 0 Å². The van der Waals surface area contributed by atoms with E-state index in [0.29, 0.717) is 0 Å². The first kappa shape index (κ1) is 15.8. The SMILES string of the molecule is C=[C-]C[O-].[Li+].[Li+]. The summed E-state index contributed by atoms with van der Waals surface area (Å²) in [6.07, 6.45) is 2.12. The molecule has 0 amide bonds. The van der Waals surface area contributed by atoms with Crippen molar-refractivity contribution in [2.45, 2.75) is 0 Å². The third-order valence-electron chi connectivity index (χ3n) is 0.102. The number of rotatable bonds is 1. The molecule has 6 heavy (non-hydrogen) atoms. The summed E-state index contributed by atoms with van der Waals surface area (Å²) in [6, 6.07) is 0. The van der Waals surface area contributed by atoms with Gasteiger partial charge in [-0.15, -0.1) is 0 Å². The third-order valence-corrected chi connectivity index (χ3v) is 0.102. The summed E-state index contributed by atoms with van der Waals surface area (Å²) in [5.41, 5.74) is 0. The molecule has 1 nitrogen and oxygen atoms in total. The van der Waals surface area contributed by atoms with E-state index >= 15 is 0 Å².